The van der Waals surface area contributed by atoms with E-state index in [0.717, 1.165) is 41.1 Å². The third-order valence-corrected chi connectivity index (χ3v) is 7.49. The number of aromatic nitrogens is 1. The summed E-state index contributed by atoms with van der Waals surface area (Å²) in [6.45, 7) is 3.76. The largest absolute Gasteiger partial charge is 0.390 e. The molecule has 5 nitrogen and oxygen atoms in total. The Balaban J connectivity index is 1.36. The third-order valence-electron chi connectivity index (χ3n) is 6.28. The first-order valence-corrected chi connectivity index (χ1v) is 11.9. The number of anilines is 2. The van der Waals surface area contributed by atoms with Gasteiger partial charge in [-0.2, -0.15) is 0 Å². The second-order valence-electron chi connectivity index (χ2n) is 9.17. The fraction of sp³-hybridized carbons (Fsp3) is 0.360. The molecule has 1 aromatic heterocycles. The van der Waals surface area contributed by atoms with E-state index in [1.165, 1.54) is 0 Å². The molecule has 1 heterocycles. The van der Waals surface area contributed by atoms with E-state index in [9.17, 15) is 23.1 Å². The number of urea groups is 1. The summed E-state index contributed by atoms with van der Waals surface area (Å²) < 4.78 is 40.0. The maximum atomic E-state index is 13.7. The molecule has 1 saturated carbocycles. The Hall–Kier alpha value is -2.91. The van der Waals surface area contributed by atoms with Gasteiger partial charge in [0.15, 0.2) is 11.6 Å². The molecule has 0 spiro atoms. The highest BCUT2D eigenvalue weighted by molar-refractivity contribution is 7.15. The van der Waals surface area contributed by atoms with E-state index < -0.39 is 34.8 Å². The predicted octanol–water partition coefficient (Wildman–Crippen LogP) is 6.92. The summed E-state index contributed by atoms with van der Waals surface area (Å²) in [5.74, 6) is -2.93. The molecule has 1 aliphatic carbocycles. The second-order valence-corrected chi connectivity index (χ2v) is 10.2. The first kappa shape index (κ1) is 24.2. The highest BCUT2D eigenvalue weighted by atomic mass is 32.1. The predicted molar refractivity (Wildman–Crippen MR) is 128 cm³/mol. The summed E-state index contributed by atoms with van der Waals surface area (Å²) in [5.41, 5.74) is 0.307. The highest BCUT2D eigenvalue weighted by Crippen LogP contribution is 2.42. The van der Waals surface area contributed by atoms with Crippen molar-refractivity contribution in [3.63, 3.8) is 0 Å². The molecule has 3 N–H and O–H groups in total. The van der Waals surface area contributed by atoms with Gasteiger partial charge >= 0.3 is 6.03 Å². The summed E-state index contributed by atoms with van der Waals surface area (Å²) in [6.07, 6.45) is 5.85. The van der Waals surface area contributed by atoms with E-state index in [1.54, 1.807) is 23.5 Å². The Kier molecular flexibility index (Phi) is 6.95. The molecule has 34 heavy (non-hydrogen) atoms. The molecule has 0 unspecified atom stereocenters. The Morgan fingerprint density at radius 2 is 1.65 bits per heavy atom. The molecule has 0 saturated heterocycles. The van der Waals surface area contributed by atoms with Crippen LogP contribution in [0, 0.1) is 23.4 Å². The summed E-state index contributed by atoms with van der Waals surface area (Å²) in [5, 5.41) is 16.1. The highest BCUT2D eigenvalue weighted by Gasteiger charge is 2.32. The van der Waals surface area contributed by atoms with Gasteiger partial charge in [-0.3, -0.25) is 0 Å². The number of nitrogens with zero attached hydrogens (tertiary/aromatic N) is 1. The van der Waals surface area contributed by atoms with Crippen LogP contribution in [0.15, 0.2) is 42.6 Å². The zero-order chi connectivity index (χ0) is 24.5. The molecular formula is C25H26F3N3O2S. The molecule has 180 valence electrons. The van der Waals surface area contributed by atoms with Crippen molar-refractivity contribution in [3.8, 4) is 10.4 Å². The Bertz CT molecular complexity index is 1170. The van der Waals surface area contributed by atoms with Crippen molar-refractivity contribution in [2.24, 2.45) is 5.92 Å². The van der Waals surface area contributed by atoms with Crippen LogP contribution in [-0.4, -0.2) is 21.7 Å². The minimum atomic E-state index is -1.33. The molecular weight excluding hydrogens is 463 g/mol. The number of thiazole rings is 1. The summed E-state index contributed by atoms with van der Waals surface area (Å²) in [4.78, 5) is 17.8. The van der Waals surface area contributed by atoms with E-state index in [2.05, 4.69) is 15.6 Å². The number of nitrogens with one attached hydrogen (secondary N) is 2. The van der Waals surface area contributed by atoms with E-state index in [1.807, 2.05) is 32.2 Å². The Morgan fingerprint density at radius 3 is 2.29 bits per heavy atom. The van der Waals surface area contributed by atoms with Gasteiger partial charge in [-0.05, 0) is 63.1 Å². The van der Waals surface area contributed by atoms with Crippen LogP contribution in [-0.2, 0) is 0 Å². The minimum absolute atomic E-state index is 0.319. The van der Waals surface area contributed by atoms with Gasteiger partial charge in [-0.1, -0.05) is 12.1 Å². The van der Waals surface area contributed by atoms with Gasteiger partial charge in [0.25, 0.3) is 0 Å². The molecule has 0 radical (unpaired) electrons. The van der Waals surface area contributed by atoms with Crippen LogP contribution in [0.4, 0.5) is 29.3 Å². The number of hydrogen-bond donors (Lipinski definition) is 3. The number of carbonyl (C=O) groups excluding carboxylic acids is 1. The average Bonchev–Trinajstić information content (AvgIpc) is 3.28. The van der Waals surface area contributed by atoms with E-state index in [4.69, 9.17) is 0 Å². The SMILES string of the molecule is CC(C)(O)C1CCC(c2ncc(-c3ccc(NC(=O)Nc4cc(F)c(F)cc4F)cc3)s2)CC1. The number of aliphatic hydroxyl groups is 1. The lowest BCUT2D eigenvalue weighted by atomic mass is 9.75. The molecule has 3 aromatic rings. The maximum Gasteiger partial charge on any atom is 0.323 e. The molecule has 2 amide bonds. The van der Waals surface area contributed by atoms with E-state index in [0.29, 0.717) is 29.7 Å². The smallest absolute Gasteiger partial charge is 0.323 e. The third kappa shape index (κ3) is 5.59. The number of hydrogen-bond acceptors (Lipinski definition) is 4. The van der Waals surface area contributed by atoms with Gasteiger partial charge in [0.1, 0.15) is 5.82 Å². The van der Waals surface area contributed by atoms with Crippen LogP contribution < -0.4 is 10.6 Å². The molecule has 0 aliphatic heterocycles. The molecule has 4 rings (SSSR count). The molecule has 0 bridgehead atoms. The van der Waals surface area contributed by atoms with Gasteiger partial charge < -0.3 is 15.7 Å². The van der Waals surface area contributed by atoms with Gasteiger partial charge in [0.2, 0.25) is 0 Å². The molecule has 9 heteroatoms. The zero-order valence-electron chi connectivity index (χ0n) is 18.9. The van der Waals surface area contributed by atoms with Crippen molar-refractivity contribution in [3.05, 3.63) is 65.1 Å². The second kappa shape index (κ2) is 9.76. The molecule has 0 atom stereocenters. The van der Waals surface area contributed by atoms with Gasteiger partial charge in [0, 0.05) is 29.9 Å². The number of rotatable bonds is 5. The zero-order valence-corrected chi connectivity index (χ0v) is 19.7. The van der Waals surface area contributed by atoms with Gasteiger partial charge in [-0.15, -0.1) is 11.3 Å². The lowest BCUT2D eigenvalue weighted by Crippen LogP contribution is -2.33. The van der Waals surface area contributed by atoms with Crippen LogP contribution in [0.1, 0.15) is 50.5 Å². The Morgan fingerprint density at radius 1 is 1.00 bits per heavy atom. The van der Waals surface area contributed by atoms with E-state index in [-0.39, 0.29) is 0 Å². The lowest BCUT2D eigenvalue weighted by molar-refractivity contribution is -0.00157. The molecule has 1 aliphatic rings. The first-order chi connectivity index (χ1) is 16.1. The van der Waals surface area contributed by atoms with Crippen molar-refractivity contribution < 1.29 is 23.1 Å². The Labute approximate surface area is 200 Å². The number of amides is 2. The van der Waals surface area contributed by atoms with Crippen molar-refractivity contribution in [2.75, 3.05) is 10.6 Å². The topological polar surface area (TPSA) is 74.2 Å². The minimum Gasteiger partial charge on any atom is -0.390 e. The van der Waals surface area contributed by atoms with Crippen LogP contribution >= 0.6 is 11.3 Å². The van der Waals surface area contributed by atoms with E-state index >= 15 is 0 Å². The molecule has 1 fully saturated rings. The number of carbonyl (C=O) groups is 1. The fourth-order valence-corrected chi connectivity index (χ4v) is 5.37. The fourth-order valence-electron chi connectivity index (χ4n) is 4.28. The number of benzene rings is 2. The van der Waals surface area contributed by atoms with Crippen LogP contribution in [0.5, 0.6) is 0 Å². The van der Waals surface area contributed by atoms with Crippen LogP contribution in [0.2, 0.25) is 0 Å². The summed E-state index contributed by atoms with van der Waals surface area (Å²) >= 11 is 1.65. The standard InChI is InChI=1S/C25H26F3N3O2S/c1-25(2,33)16-7-3-15(4-8-16)23-29-13-22(34-23)14-5-9-17(10-6-14)30-24(32)31-21-12-19(27)18(26)11-20(21)28/h5-6,9-13,15-16,33H,3-4,7-8H2,1-2H3,(H2,30,31,32). The maximum absolute atomic E-state index is 13.7. The van der Waals surface area contributed by atoms with Crippen molar-refractivity contribution in [2.45, 2.75) is 51.0 Å². The monoisotopic (exact) mass is 489 g/mol. The first-order valence-electron chi connectivity index (χ1n) is 11.1. The summed E-state index contributed by atoms with van der Waals surface area (Å²) in [6, 6.07) is 7.27. The normalized spacial score (nSPS) is 18.5. The lowest BCUT2D eigenvalue weighted by Gasteiger charge is -2.35. The number of halogens is 3. The summed E-state index contributed by atoms with van der Waals surface area (Å²) in [7, 11) is 0. The van der Waals surface area contributed by atoms with Crippen LogP contribution in [0.25, 0.3) is 10.4 Å². The van der Waals surface area contributed by atoms with Crippen LogP contribution in [0.3, 0.4) is 0 Å². The molecule has 2 aromatic carbocycles. The van der Waals surface area contributed by atoms with Gasteiger partial charge in [-0.25, -0.2) is 22.9 Å². The van der Waals surface area contributed by atoms with Crippen molar-refractivity contribution in [1.82, 2.24) is 4.98 Å². The van der Waals surface area contributed by atoms with Gasteiger partial charge in [0.05, 0.1) is 21.2 Å². The quantitative estimate of drug-likeness (QED) is 0.341. The average molecular weight is 490 g/mol. The van der Waals surface area contributed by atoms with Crippen molar-refractivity contribution >= 4 is 28.7 Å². The van der Waals surface area contributed by atoms with Crippen molar-refractivity contribution in [1.29, 1.82) is 0 Å².